The standard InChI is InChI=1S/C17H27NO2/c1-12(2)11-18-16(19)13(3)20-15-10-8-7-9-14(15)17(4,5)6/h7-10,12-13H,11H2,1-6H3,(H,18,19). The maximum absolute atomic E-state index is 12.0. The Morgan fingerprint density at radius 3 is 2.35 bits per heavy atom. The Bertz CT molecular complexity index is 447. The molecule has 1 rings (SSSR count). The highest BCUT2D eigenvalue weighted by Gasteiger charge is 2.21. The van der Waals surface area contributed by atoms with Gasteiger partial charge in [0, 0.05) is 6.54 Å². The van der Waals surface area contributed by atoms with E-state index in [1.165, 1.54) is 0 Å². The van der Waals surface area contributed by atoms with Crippen molar-refractivity contribution in [2.45, 2.75) is 53.1 Å². The zero-order chi connectivity index (χ0) is 15.3. The normalized spacial score (nSPS) is 13.2. The Kier molecular flexibility index (Phi) is 5.61. The van der Waals surface area contributed by atoms with E-state index >= 15 is 0 Å². The first-order valence-corrected chi connectivity index (χ1v) is 7.25. The van der Waals surface area contributed by atoms with Gasteiger partial charge in [-0.15, -0.1) is 0 Å². The van der Waals surface area contributed by atoms with Crippen LogP contribution in [0.4, 0.5) is 0 Å². The van der Waals surface area contributed by atoms with Gasteiger partial charge in [0.2, 0.25) is 0 Å². The predicted octanol–water partition coefficient (Wildman–Crippen LogP) is 3.52. The fraction of sp³-hybridized carbons (Fsp3) is 0.588. The van der Waals surface area contributed by atoms with Gasteiger partial charge in [0.05, 0.1) is 0 Å². The molecule has 0 saturated heterocycles. The Labute approximate surface area is 122 Å². The molecule has 1 atom stereocenters. The monoisotopic (exact) mass is 277 g/mol. The molecule has 3 nitrogen and oxygen atoms in total. The fourth-order valence-electron chi connectivity index (χ4n) is 1.88. The average molecular weight is 277 g/mol. The quantitative estimate of drug-likeness (QED) is 0.894. The van der Waals surface area contributed by atoms with Crippen LogP contribution >= 0.6 is 0 Å². The van der Waals surface area contributed by atoms with E-state index in [1.807, 2.05) is 24.3 Å². The molecule has 0 aliphatic carbocycles. The average Bonchev–Trinajstić information content (AvgIpc) is 2.35. The lowest BCUT2D eigenvalue weighted by Crippen LogP contribution is -2.38. The number of para-hydroxylation sites is 1. The topological polar surface area (TPSA) is 38.3 Å². The Balaban J connectivity index is 2.76. The van der Waals surface area contributed by atoms with Gasteiger partial charge in [0.15, 0.2) is 6.10 Å². The largest absolute Gasteiger partial charge is 0.481 e. The summed E-state index contributed by atoms with van der Waals surface area (Å²) < 4.78 is 5.85. The van der Waals surface area contributed by atoms with Crippen LogP contribution in [0.15, 0.2) is 24.3 Å². The summed E-state index contributed by atoms with van der Waals surface area (Å²) in [4.78, 5) is 12.0. The fourth-order valence-corrected chi connectivity index (χ4v) is 1.88. The molecule has 20 heavy (non-hydrogen) atoms. The summed E-state index contributed by atoms with van der Waals surface area (Å²) >= 11 is 0. The molecule has 0 spiro atoms. The summed E-state index contributed by atoms with van der Waals surface area (Å²) in [5.41, 5.74) is 1.11. The highest BCUT2D eigenvalue weighted by molar-refractivity contribution is 5.80. The van der Waals surface area contributed by atoms with Gasteiger partial charge in [-0.1, -0.05) is 52.8 Å². The zero-order valence-corrected chi connectivity index (χ0v) is 13.5. The Morgan fingerprint density at radius 2 is 1.80 bits per heavy atom. The minimum absolute atomic E-state index is 0.00920. The molecule has 1 unspecified atom stereocenters. The lowest BCUT2D eigenvalue weighted by Gasteiger charge is -2.24. The van der Waals surface area contributed by atoms with Crippen molar-refractivity contribution < 1.29 is 9.53 Å². The molecule has 1 N–H and O–H groups in total. The molecule has 1 amide bonds. The molecular weight excluding hydrogens is 250 g/mol. The smallest absolute Gasteiger partial charge is 0.260 e. The number of hydrogen-bond donors (Lipinski definition) is 1. The third-order valence-corrected chi connectivity index (χ3v) is 3.05. The Morgan fingerprint density at radius 1 is 1.20 bits per heavy atom. The van der Waals surface area contributed by atoms with Crippen molar-refractivity contribution in [3.8, 4) is 5.75 Å². The van der Waals surface area contributed by atoms with Crippen LogP contribution in [0.25, 0.3) is 0 Å². The summed E-state index contributed by atoms with van der Waals surface area (Å²) in [5.74, 6) is 1.16. The molecule has 3 heteroatoms. The van der Waals surface area contributed by atoms with Crippen LogP contribution in [0.1, 0.15) is 47.1 Å². The van der Waals surface area contributed by atoms with Crippen molar-refractivity contribution in [1.29, 1.82) is 0 Å². The van der Waals surface area contributed by atoms with Gasteiger partial charge in [0.1, 0.15) is 5.75 Å². The van der Waals surface area contributed by atoms with Crippen molar-refractivity contribution >= 4 is 5.91 Å². The molecule has 1 aromatic carbocycles. The second-order valence-corrected chi connectivity index (χ2v) is 6.65. The summed E-state index contributed by atoms with van der Waals surface area (Å²) in [5, 5.41) is 2.90. The SMILES string of the molecule is CC(C)CNC(=O)C(C)Oc1ccccc1C(C)(C)C. The van der Waals surface area contributed by atoms with E-state index in [9.17, 15) is 4.79 Å². The number of rotatable bonds is 5. The molecule has 0 aliphatic rings. The first-order valence-electron chi connectivity index (χ1n) is 7.25. The van der Waals surface area contributed by atoms with Crippen LogP contribution in [0.3, 0.4) is 0 Å². The van der Waals surface area contributed by atoms with Crippen molar-refractivity contribution in [3.63, 3.8) is 0 Å². The van der Waals surface area contributed by atoms with E-state index in [0.29, 0.717) is 12.5 Å². The highest BCUT2D eigenvalue weighted by atomic mass is 16.5. The third-order valence-electron chi connectivity index (χ3n) is 3.05. The summed E-state index contributed by atoms with van der Waals surface area (Å²) in [6, 6.07) is 7.90. The number of benzene rings is 1. The van der Waals surface area contributed by atoms with Crippen LogP contribution in [-0.2, 0) is 10.2 Å². The van der Waals surface area contributed by atoms with E-state index in [4.69, 9.17) is 4.74 Å². The summed E-state index contributed by atoms with van der Waals surface area (Å²) in [7, 11) is 0. The molecule has 0 aliphatic heterocycles. The van der Waals surface area contributed by atoms with Gasteiger partial charge in [-0.25, -0.2) is 0 Å². The third kappa shape index (κ3) is 4.87. The van der Waals surface area contributed by atoms with Gasteiger partial charge in [-0.05, 0) is 29.9 Å². The van der Waals surface area contributed by atoms with Crippen LogP contribution in [0.5, 0.6) is 5.75 Å². The number of amides is 1. The van der Waals surface area contributed by atoms with Gasteiger partial charge < -0.3 is 10.1 Å². The van der Waals surface area contributed by atoms with E-state index in [-0.39, 0.29) is 11.3 Å². The van der Waals surface area contributed by atoms with Gasteiger partial charge in [0.25, 0.3) is 5.91 Å². The van der Waals surface area contributed by atoms with E-state index < -0.39 is 6.10 Å². The minimum Gasteiger partial charge on any atom is -0.481 e. The van der Waals surface area contributed by atoms with Gasteiger partial charge >= 0.3 is 0 Å². The van der Waals surface area contributed by atoms with Gasteiger partial charge in [-0.2, -0.15) is 0 Å². The summed E-state index contributed by atoms with van der Waals surface area (Å²) in [6.45, 7) is 13.0. The Hall–Kier alpha value is -1.51. The first kappa shape index (κ1) is 16.5. The molecule has 0 saturated carbocycles. The van der Waals surface area contributed by atoms with Crippen molar-refractivity contribution in [2.24, 2.45) is 5.92 Å². The molecular formula is C17H27NO2. The van der Waals surface area contributed by atoms with E-state index in [1.54, 1.807) is 6.92 Å². The van der Waals surface area contributed by atoms with Crippen LogP contribution in [0, 0.1) is 5.92 Å². The van der Waals surface area contributed by atoms with Crippen molar-refractivity contribution in [2.75, 3.05) is 6.54 Å². The molecule has 0 heterocycles. The molecule has 1 aromatic rings. The molecule has 0 radical (unpaired) electrons. The number of carbonyl (C=O) groups excluding carboxylic acids is 1. The zero-order valence-electron chi connectivity index (χ0n) is 13.5. The molecule has 112 valence electrons. The molecule has 0 aromatic heterocycles. The van der Waals surface area contributed by atoms with Crippen LogP contribution < -0.4 is 10.1 Å². The second-order valence-electron chi connectivity index (χ2n) is 6.65. The van der Waals surface area contributed by atoms with E-state index in [2.05, 4.69) is 39.9 Å². The minimum atomic E-state index is -0.489. The van der Waals surface area contributed by atoms with Crippen molar-refractivity contribution in [3.05, 3.63) is 29.8 Å². The number of ether oxygens (including phenoxy) is 1. The predicted molar refractivity (Wildman–Crippen MR) is 83.1 cm³/mol. The van der Waals surface area contributed by atoms with Crippen LogP contribution in [-0.4, -0.2) is 18.6 Å². The number of nitrogens with one attached hydrogen (secondary N) is 1. The number of carbonyl (C=O) groups is 1. The number of hydrogen-bond acceptors (Lipinski definition) is 2. The lowest BCUT2D eigenvalue weighted by molar-refractivity contribution is -0.127. The maximum Gasteiger partial charge on any atom is 0.260 e. The maximum atomic E-state index is 12.0. The summed E-state index contributed by atoms with van der Waals surface area (Å²) in [6.07, 6.45) is -0.489. The van der Waals surface area contributed by atoms with Gasteiger partial charge in [-0.3, -0.25) is 4.79 Å². The first-order chi connectivity index (χ1) is 9.21. The van der Waals surface area contributed by atoms with Crippen molar-refractivity contribution in [1.82, 2.24) is 5.32 Å². The highest BCUT2D eigenvalue weighted by Crippen LogP contribution is 2.31. The second kappa shape index (κ2) is 6.78. The molecule has 0 bridgehead atoms. The lowest BCUT2D eigenvalue weighted by atomic mass is 9.86. The van der Waals surface area contributed by atoms with Crippen LogP contribution in [0.2, 0.25) is 0 Å². The molecule has 0 fully saturated rings. The van der Waals surface area contributed by atoms with E-state index in [0.717, 1.165) is 11.3 Å².